The molecule has 0 unspecified atom stereocenters. The molecule has 0 aliphatic heterocycles. The molecule has 0 aromatic heterocycles. The highest BCUT2D eigenvalue weighted by molar-refractivity contribution is 7.80. The van der Waals surface area contributed by atoms with E-state index in [1.807, 2.05) is 55.4 Å². The van der Waals surface area contributed by atoms with Gasteiger partial charge in [0.1, 0.15) is 11.1 Å². The van der Waals surface area contributed by atoms with E-state index in [1.54, 1.807) is 0 Å². The summed E-state index contributed by atoms with van der Waals surface area (Å²) in [6, 6.07) is 20.4. The molecule has 0 saturated carbocycles. The van der Waals surface area contributed by atoms with Crippen LogP contribution in [0.4, 0.5) is 0 Å². The van der Waals surface area contributed by atoms with Gasteiger partial charge in [0, 0.05) is 14.1 Å². The Hall–Kier alpha value is -1.71. The summed E-state index contributed by atoms with van der Waals surface area (Å²) in [5.74, 6) is 0. The second-order valence-electron chi connectivity index (χ2n) is 4.80. The lowest BCUT2D eigenvalue weighted by atomic mass is 10.0. The Bertz CT molecular complexity index is 500. The molecule has 0 aliphatic rings. The summed E-state index contributed by atoms with van der Waals surface area (Å²) in [5.41, 5.74) is 2.28. The molecule has 0 saturated heterocycles. The predicted molar refractivity (Wildman–Crippen MR) is 87.0 cm³/mol. The second-order valence-corrected chi connectivity index (χ2v) is 5.27. The maximum atomic E-state index is 6.05. The maximum Gasteiger partial charge on any atom is 0.108 e. The van der Waals surface area contributed by atoms with E-state index in [-0.39, 0.29) is 6.10 Å². The lowest BCUT2D eigenvalue weighted by molar-refractivity contribution is 0.109. The number of rotatable bonds is 5. The van der Waals surface area contributed by atoms with Gasteiger partial charge in [0.25, 0.3) is 0 Å². The Balaban J connectivity index is 2.20. The van der Waals surface area contributed by atoms with Crippen molar-refractivity contribution in [3.63, 3.8) is 0 Å². The number of thiocarbonyl (C=S) groups is 1. The minimum absolute atomic E-state index is 0.0877. The Kier molecular flexibility index (Phi) is 5.27. The van der Waals surface area contributed by atoms with E-state index in [4.69, 9.17) is 17.0 Å². The third kappa shape index (κ3) is 3.89. The molecule has 3 heteroatoms. The van der Waals surface area contributed by atoms with Crippen molar-refractivity contribution in [1.29, 1.82) is 0 Å². The van der Waals surface area contributed by atoms with E-state index in [2.05, 4.69) is 24.3 Å². The molecule has 2 aromatic rings. The molecule has 20 heavy (non-hydrogen) atoms. The fourth-order valence-electron chi connectivity index (χ4n) is 1.92. The zero-order valence-corrected chi connectivity index (χ0v) is 12.6. The van der Waals surface area contributed by atoms with E-state index in [1.165, 1.54) is 0 Å². The van der Waals surface area contributed by atoms with Crippen LogP contribution in [-0.2, 0) is 4.74 Å². The van der Waals surface area contributed by atoms with Gasteiger partial charge >= 0.3 is 0 Å². The zero-order chi connectivity index (χ0) is 14.4. The van der Waals surface area contributed by atoms with Crippen LogP contribution in [0.1, 0.15) is 17.2 Å². The number of benzene rings is 2. The molecule has 0 heterocycles. The number of hydrogen-bond acceptors (Lipinski definition) is 2. The average Bonchev–Trinajstić information content (AvgIpc) is 2.49. The van der Waals surface area contributed by atoms with E-state index >= 15 is 0 Å². The van der Waals surface area contributed by atoms with Crippen LogP contribution in [0.5, 0.6) is 0 Å². The fraction of sp³-hybridized carbons (Fsp3) is 0.235. The Morgan fingerprint density at radius 2 is 1.40 bits per heavy atom. The van der Waals surface area contributed by atoms with Gasteiger partial charge in [-0.25, -0.2) is 0 Å². The standard InChI is InChI=1S/C17H19NOS/c1-18(2)16(20)13-19-17(14-9-5-3-6-10-14)15-11-7-4-8-12-15/h3-12,17H,13H2,1-2H3. The van der Waals surface area contributed by atoms with Gasteiger partial charge in [-0.2, -0.15) is 0 Å². The van der Waals surface area contributed by atoms with Gasteiger partial charge in [0.05, 0.1) is 6.61 Å². The van der Waals surface area contributed by atoms with Crippen molar-refractivity contribution in [3.8, 4) is 0 Å². The van der Waals surface area contributed by atoms with Crippen molar-refractivity contribution in [1.82, 2.24) is 4.90 Å². The number of nitrogens with zero attached hydrogens (tertiary/aromatic N) is 1. The normalized spacial score (nSPS) is 10.6. The monoisotopic (exact) mass is 285 g/mol. The van der Waals surface area contributed by atoms with Gasteiger partial charge < -0.3 is 9.64 Å². The Morgan fingerprint density at radius 1 is 0.950 bits per heavy atom. The first-order chi connectivity index (χ1) is 9.68. The lowest BCUT2D eigenvalue weighted by Gasteiger charge is -2.21. The third-order valence-corrected chi connectivity index (χ3v) is 3.56. The van der Waals surface area contributed by atoms with Crippen molar-refractivity contribution in [3.05, 3.63) is 71.8 Å². The third-order valence-electron chi connectivity index (χ3n) is 3.08. The van der Waals surface area contributed by atoms with Gasteiger partial charge in [-0.05, 0) is 11.1 Å². The van der Waals surface area contributed by atoms with E-state index in [0.717, 1.165) is 16.1 Å². The summed E-state index contributed by atoms with van der Waals surface area (Å²) in [6.45, 7) is 0.441. The van der Waals surface area contributed by atoms with Crippen LogP contribution < -0.4 is 0 Å². The minimum Gasteiger partial charge on any atom is -0.370 e. The second kappa shape index (κ2) is 7.17. The molecule has 2 rings (SSSR count). The Morgan fingerprint density at radius 3 is 1.80 bits per heavy atom. The molecular formula is C17H19NOS. The maximum absolute atomic E-state index is 6.05. The van der Waals surface area contributed by atoms with E-state index < -0.39 is 0 Å². The van der Waals surface area contributed by atoms with Gasteiger partial charge in [0.2, 0.25) is 0 Å². The van der Waals surface area contributed by atoms with Crippen molar-refractivity contribution in [2.24, 2.45) is 0 Å². The first kappa shape index (κ1) is 14.7. The highest BCUT2D eigenvalue weighted by atomic mass is 32.1. The Labute approximate surface area is 126 Å². The quantitative estimate of drug-likeness (QED) is 0.778. The van der Waals surface area contributed by atoms with E-state index in [0.29, 0.717) is 6.61 Å². The molecule has 0 fully saturated rings. The van der Waals surface area contributed by atoms with Crippen LogP contribution in [0.3, 0.4) is 0 Å². The molecule has 2 nitrogen and oxygen atoms in total. The van der Waals surface area contributed by atoms with Gasteiger partial charge in [0.15, 0.2) is 0 Å². The summed E-state index contributed by atoms with van der Waals surface area (Å²) < 4.78 is 6.05. The van der Waals surface area contributed by atoms with Gasteiger partial charge in [-0.15, -0.1) is 0 Å². The van der Waals surface area contributed by atoms with Crippen molar-refractivity contribution in [2.45, 2.75) is 6.10 Å². The first-order valence-corrected chi connectivity index (χ1v) is 7.01. The fourth-order valence-corrected chi connectivity index (χ4v) is 1.99. The van der Waals surface area contributed by atoms with Crippen LogP contribution in [0, 0.1) is 0 Å². The highest BCUT2D eigenvalue weighted by Gasteiger charge is 2.15. The minimum atomic E-state index is -0.0877. The average molecular weight is 285 g/mol. The van der Waals surface area contributed by atoms with Crippen molar-refractivity contribution >= 4 is 17.2 Å². The topological polar surface area (TPSA) is 12.5 Å². The molecule has 2 aromatic carbocycles. The van der Waals surface area contributed by atoms with Crippen molar-refractivity contribution < 1.29 is 4.74 Å². The summed E-state index contributed by atoms with van der Waals surface area (Å²) in [7, 11) is 3.87. The van der Waals surface area contributed by atoms with E-state index in [9.17, 15) is 0 Å². The van der Waals surface area contributed by atoms with Crippen LogP contribution >= 0.6 is 12.2 Å². The summed E-state index contributed by atoms with van der Waals surface area (Å²) in [5, 5.41) is 0. The highest BCUT2D eigenvalue weighted by Crippen LogP contribution is 2.25. The molecule has 0 amide bonds. The summed E-state index contributed by atoms with van der Waals surface area (Å²) >= 11 is 5.30. The largest absolute Gasteiger partial charge is 0.370 e. The van der Waals surface area contributed by atoms with Crippen LogP contribution in [0.2, 0.25) is 0 Å². The molecule has 0 aliphatic carbocycles. The lowest BCUT2D eigenvalue weighted by Crippen LogP contribution is -2.25. The van der Waals surface area contributed by atoms with Gasteiger partial charge in [-0.1, -0.05) is 72.9 Å². The smallest absolute Gasteiger partial charge is 0.108 e. The molecule has 0 N–H and O–H groups in total. The number of likely N-dealkylation sites (N-methyl/N-ethyl adjacent to an activating group) is 1. The predicted octanol–water partition coefficient (Wildman–Crippen LogP) is 3.68. The summed E-state index contributed by atoms with van der Waals surface area (Å²) in [4.78, 5) is 2.70. The van der Waals surface area contributed by atoms with Crippen LogP contribution in [-0.4, -0.2) is 30.6 Å². The van der Waals surface area contributed by atoms with Crippen LogP contribution in [0.25, 0.3) is 0 Å². The summed E-state index contributed by atoms with van der Waals surface area (Å²) in [6.07, 6.45) is -0.0877. The first-order valence-electron chi connectivity index (χ1n) is 6.60. The molecular weight excluding hydrogens is 266 g/mol. The number of hydrogen-bond donors (Lipinski definition) is 0. The molecule has 0 atom stereocenters. The zero-order valence-electron chi connectivity index (χ0n) is 11.8. The molecule has 104 valence electrons. The molecule has 0 radical (unpaired) electrons. The van der Waals surface area contributed by atoms with Crippen molar-refractivity contribution in [2.75, 3.05) is 20.7 Å². The van der Waals surface area contributed by atoms with Gasteiger partial charge in [-0.3, -0.25) is 0 Å². The number of ether oxygens (including phenoxy) is 1. The molecule has 0 spiro atoms. The molecule has 0 bridgehead atoms. The SMILES string of the molecule is CN(C)C(=S)COC(c1ccccc1)c1ccccc1. The van der Waals surface area contributed by atoms with Crippen LogP contribution in [0.15, 0.2) is 60.7 Å².